The number of alkyl halides is 3. The summed E-state index contributed by atoms with van der Waals surface area (Å²) in [7, 11) is 3.34. The highest BCUT2D eigenvalue weighted by atomic mass is 19.4. The van der Waals surface area contributed by atoms with E-state index in [9.17, 15) is 13.2 Å². The number of benzene rings is 1. The van der Waals surface area contributed by atoms with E-state index in [4.69, 9.17) is 0 Å². The van der Waals surface area contributed by atoms with Crippen LogP contribution in [-0.2, 0) is 12.8 Å². The van der Waals surface area contributed by atoms with Crippen LogP contribution in [-0.4, -0.2) is 32.9 Å². The van der Waals surface area contributed by atoms with Crippen molar-refractivity contribution in [3.8, 4) is 0 Å². The van der Waals surface area contributed by atoms with Crippen molar-refractivity contribution in [2.75, 3.05) is 25.5 Å². The molecule has 1 aliphatic rings. The minimum absolute atomic E-state index is 0.0169. The van der Waals surface area contributed by atoms with Gasteiger partial charge in [-0.15, -0.1) is 0 Å². The van der Waals surface area contributed by atoms with Gasteiger partial charge in [-0.3, -0.25) is 0 Å². The number of rotatable bonds is 3. The number of likely N-dealkylation sites (N-methyl/N-ethyl adjacent to an activating group) is 2. The molecule has 1 heterocycles. The fourth-order valence-corrected chi connectivity index (χ4v) is 2.36. The van der Waals surface area contributed by atoms with Crippen LogP contribution < -0.4 is 10.2 Å². The maximum atomic E-state index is 12.7. The van der Waals surface area contributed by atoms with E-state index in [-0.39, 0.29) is 6.42 Å². The summed E-state index contributed by atoms with van der Waals surface area (Å²) in [6.07, 6.45) is -3.31. The second-order valence-corrected chi connectivity index (χ2v) is 4.72. The Bertz CT molecular complexity index is 429. The van der Waals surface area contributed by atoms with Gasteiger partial charge in [-0.2, -0.15) is 13.2 Å². The molecule has 0 fully saturated rings. The largest absolute Gasteiger partial charge is 0.404 e. The Morgan fingerprint density at radius 2 is 2.11 bits per heavy atom. The highest BCUT2D eigenvalue weighted by molar-refractivity contribution is 5.58. The van der Waals surface area contributed by atoms with E-state index in [1.165, 1.54) is 7.05 Å². The third kappa shape index (κ3) is 2.61. The molecule has 2 nitrogen and oxygen atoms in total. The lowest BCUT2D eigenvalue weighted by Gasteiger charge is -2.20. The van der Waals surface area contributed by atoms with Gasteiger partial charge in [0.25, 0.3) is 0 Å². The SMILES string of the molecule is CNC(Cc1ccc2c(c1)CCN2C)C(F)(F)F. The van der Waals surface area contributed by atoms with Crippen molar-refractivity contribution in [1.82, 2.24) is 5.32 Å². The molecule has 1 aromatic carbocycles. The monoisotopic (exact) mass is 258 g/mol. The Kier molecular flexibility index (Phi) is 3.52. The van der Waals surface area contributed by atoms with Crippen molar-refractivity contribution in [2.45, 2.75) is 25.1 Å². The van der Waals surface area contributed by atoms with Gasteiger partial charge in [0.1, 0.15) is 6.04 Å². The fourth-order valence-electron chi connectivity index (χ4n) is 2.36. The third-order valence-corrected chi connectivity index (χ3v) is 3.46. The zero-order chi connectivity index (χ0) is 13.3. The molecule has 0 saturated carbocycles. The van der Waals surface area contributed by atoms with Crippen molar-refractivity contribution in [2.24, 2.45) is 0 Å². The molecule has 0 amide bonds. The van der Waals surface area contributed by atoms with Gasteiger partial charge in [0.15, 0.2) is 0 Å². The summed E-state index contributed by atoms with van der Waals surface area (Å²) in [6, 6.07) is 4.13. The predicted molar refractivity (Wildman–Crippen MR) is 66.0 cm³/mol. The van der Waals surface area contributed by atoms with E-state index in [1.54, 1.807) is 6.07 Å². The lowest BCUT2D eigenvalue weighted by atomic mass is 10.0. The zero-order valence-electron chi connectivity index (χ0n) is 10.5. The maximum absolute atomic E-state index is 12.7. The molecule has 0 saturated heterocycles. The summed E-state index contributed by atoms with van der Waals surface area (Å²) in [5, 5.41) is 2.33. The van der Waals surface area contributed by atoms with E-state index in [2.05, 4.69) is 10.2 Å². The molecular weight excluding hydrogens is 241 g/mol. The zero-order valence-corrected chi connectivity index (χ0v) is 10.5. The highest BCUT2D eigenvalue weighted by Crippen LogP contribution is 2.29. The predicted octanol–water partition coefficient (Wildman–Crippen LogP) is 2.37. The van der Waals surface area contributed by atoms with Gasteiger partial charge < -0.3 is 10.2 Å². The number of hydrogen-bond donors (Lipinski definition) is 1. The summed E-state index contributed by atoms with van der Waals surface area (Å²) >= 11 is 0. The Labute approximate surface area is 105 Å². The molecule has 1 aromatic rings. The van der Waals surface area contributed by atoms with Gasteiger partial charge in [0.05, 0.1) is 0 Å². The number of fused-ring (bicyclic) bond motifs is 1. The van der Waals surface area contributed by atoms with E-state index in [0.717, 1.165) is 29.8 Å². The van der Waals surface area contributed by atoms with Crippen molar-refractivity contribution in [1.29, 1.82) is 0 Å². The molecule has 100 valence electrons. The van der Waals surface area contributed by atoms with Crippen molar-refractivity contribution in [3.63, 3.8) is 0 Å². The van der Waals surface area contributed by atoms with Crippen LogP contribution in [0, 0.1) is 0 Å². The van der Waals surface area contributed by atoms with Gasteiger partial charge in [-0.05, 0) is 37.1 Å². The summed E-state index contributed by atoms with van der Waals surface area (Å²) in [5.74, 6) is 0. The summed E-state index contributed by atoms with van der Waals surface area (Å²) in [5.41, 5.74) is 3.01. The first-order valence-corrected chi connectivity index (χ1v) is 5.98. The van der Waals surface area contributed by atoms with Crippen LogP contribution in [0.4, 0.5) is 18.9 Å². The number of nitrogens with zero attached hydrogens (tertiary/aromatic N) is 1. The highest BCUT2D eigenvalue weighted by Gasteiger charge is 2.38. The summed E-state index contributed by atoms with van der Waals surface area (Å²) in [4.78, 5) is 2.12. The average molecular weight is 258 g/mol. The Morgan fingerprint density at radius 3 is 2.72 bits per heavy atom. The van der Waals surface area contributed by atoms with Crippen molar-refractivity contribution >= 4 is 5.69 Å². The summed E-state index contributed by atoms with van der Waals surface area (Å²) < 4.78 is 38.0. The van der Waals surface area contributed by atoms with Gasteiger partial charge in [-0.25, -0.2) is 0 Å². The fraction of sp³-hybridized carbons (Fsp3) is 0.538. The minimum atomic E-state index is -4.20. The van der Waals surface area contributed by atoms with Gasteiger partial charge in [0.2, 0.25) is 0 Å². The second-order valence-electron chi connectivity index (χ2n) is 4.72. The quantitative estimate of drug-likeness (QED) is 0.895. The number of anilines is 1. The lowest BCUT2D eigenvalue weighted by Crippen LogP contribution is -2.41. The number of hydrogen-bond acceptors (Lipinski definition) is 2. The molecule has 1 atom stereocenters. The third-order valence-electron chi connectivity index (χ3n) is 3.46. The molecule has 0 aromatic heterocycles. The van der Waals surface area contributed by atoms with Crippen LogP contribution in [0.1, 0.15) is 11.1 Å². The van der Waals surface area contributed by atoms with Crippen LogP contribution in [0.25, 0.3) is 0 Å². The van der Waals surface area contributed by atoms with E-state index in [0.29, 0.717) is 0 Å². The first-order valence-electron chi connectivity index (χ1n) is 5.98. The first-order chi connectivity index (χ1) is 8.41. The minimum Gasteiger partial charge on any atom is -0.374 e. The van der Waals surface area contributed by atoms with Crippen molar-refractivity contribution < 1.29 is 13.2 Å². The normalized spacial score (nSPS) is 16.8. The first kappa shape index (κ1) is 13.2. The number of halogens is 3. The van der Waals surface area contributed by atoms with Gasteiger partial charge in [-0.1, -0.05) is 12.1 Å². The molecule has 1 N–H and O–H groups in total. The molecule has 1 aliphatic heterocycles. The molecule has 0 bridgehead atoms. The van der Waals surface area contributed by atoms with Gasteiger partial charge >= 0.3 is 6.18 Å². The molecular formula is C13H17F3N2. The lowest BCUT2D eigenvalue weighted by molar-refractivity contribution is -0.154. The van der Waals surface area contributed by atoms with Crippen LogP contribution in [0.5, 0.6) is 0 Å². The second kappa shape index (κ2) is 4.80. The maximum Gasteiger partial charge on any atom is 0.404 e. The molecule has 1 unspecified atom stereocenters. The smallest absolute Gasteiger partial charge is 0.374 e. The average Bonchev–Trinajstić information content (AvgIpc) is 2.66. The Balaban J connectivity index is 2.16. The van der Waals surface area contributed by atoms with Gasteiger partial charge in [0, 0.05) is 19.3 Å². The van der Waals surface area contributed by atoms with Crippen molar-refractivity contribution in [3.05, 3.63) is 29.3 Å². The molecule has 0 aliphatic carbocycles. The van der Waals surface area contributed by atoms with Crippen LogP contribution in [0.3, 0.4) is 0 Å². The number of nitrogens with one attached hydrogen (secondary N) is 1. The molecule has 5 heteroatoms. The summed E-state index contributed by atoms with van der Waals surface area (Å²) in [6.45, 7) is 0.938. The standard InChI is InChI=1S/C13H17F3N2/c1-17-12(13(14,15)16)8-9-3-4-11-10(7-9)5-6-18(11)2/h3-4,7,12,17H,5-6,8H2,1-2H3. The topological polar surface area (TPSA) is 15.3 Å². The molecule has 18 heavy (non-hydrogen) atoms. The molecule has 0 radical (unpaired) electrons. The van der Waals surface area contributed by atoms with Crippen LogP contribution in [0.2, 0.25) is 0 Å². The van der Waals surface area contributed by atoms with E-state index >= 15 is 0 Å². The Hall–Kier alpha value is -1.23. The van der Waals surface area contributed by atoms with Crippen LogP contribution in [0.15, 0.2) is 18.2 Å². The van der Waals surface area contributed by atoms with E-state index < -0.39 is 12.2 Å². The van der Waals surface area contributed by atoms with E-state index in [1.807, 2.05) is 19.2 Å². The molecule has 0 spiro atoms. The Morgan fingerprint density at radius 1 is 1.39 bits per heavy atom. The molecule has 2 rings (SSSR count). The van der Waals surface area contributed by atoms with Crippen LogP contribution >= 0.6 is 0 Å².